The van der Waals surface area contributed by atoms with Gasteiger partial charge in [0.05, 0.1) is 10.7 Å². The number of amides is 1. The standard InChI is InChI=1S/C23H29N3O2S/c1-17-24-21(16-29-17)15-25-11-7-20(8-12-25)23(28)26-13-9-19(10-14-26)22(27)18-5-3-2-4-6-18/h2-6,16,19-20H,7-15H2,1H3. The summed E-state index contributed by atoms with van der Waals surface area (Å²) >= 11 is 1.70. The molecule has 2 saturated heterocycles. The summed E-state index contributed by atoms with van der Waals surface area (Å²) in [6.07, 6.45) is 3.40. The molecule has 3 heterocycles. The third kappa shape index (κ3) is 4.93. The number of piperidine rings is 2. The maximum Gasteiger partial charge on any atom is 0.225 e. The van der Waals surface area contributed by atoms with Gasteiger partial charge in [-0.15, -0.1) is 11.3 Å². The first kappa shape index (κ1) is 20.2. The predicted molar refractivity (Wildman–Crippen MR) is 115 cm³/mol. The highest BCUT2D eigenvalue weighted by molar-refractivity contribution is 7.09. The Morgan fingerprint density at radius 2 is 1.66 bits per heavy atom. The molecule has 0 aliphatic carbocycles. The number of likely N-dealkylation sites (tertiary alicyclic amines) is 2. The molecular weight excluding hydrogens is 382 g/mol. The average molecular weight is 412 g/mol. The maximum absolute atomic E-state index is 13.0. The fourth-order valence-corrected chi connectivity index (χ4v) is 5.11. The number of ketones is 1. The van der Waals surface area contributed by atoms with Crippen LogP contribution in [0.2, 0.25) is 0 Å². The average Bonchev–Trinajstić information content (AvgIpc) is 3.18. The number of aryl methyl sites for hydroxylation is 1. The Balaban J connectivity index is 1.23. The third-order valence-corrected chi connectivity index (χ3v) is 7.05. The minimum Gasteiger partial charge on any atom is -0.342 e. The molecule has 1 aromatic carbocycles. The largest absolute Gasteiger partial charge is 0.342 e. The molecule has 1 amide bonds. The van der Waals surface area contributed by atoms with Gasteiger partial charge in [0.25, 0.3) is 0 Å². The summed E-state index contributed by atoms with van der Waals surface area (Å²) in [5.74, 6) is 0.692. The lowest BCUT2D eigenvalue weighted by Gasteiger charge is -2.37. The van der Waals surface area contributed by atoms with Gasteiger partial charge in [-0.25, -0.2) is 4.98 Å². The van der Waals surface area contributed by atoms with Crippen LogP contribution in [0, 0.1) is 18.8 Å². The molecule has 0 N–H and O–H groups in total. The third-order valence-electron chi connectivity index (χ3n) is 6.22. The Labute approximate surface area is 176 Å². The van der Waals surface area contributed by atoms with E-state index >= 15 is 0 Å². The fraction of sp³-hybridized carbons (Fsp3) is 0.522. The van der Waals surface area contributed by atoms with Crippen molar-refractivity contribution < 1.29 is 9.59 Å². The summed E-state index contributed by atoms with van der Waals surface area (Å²) in [6, 6.07) is 9.53. The molecule has 154 valence electrons. The molecule has 0 unspecified atom stereocenters. The van der Waals surface area contributed by atoms with E-state index in [1.54, 1.807) is 11.3 Å². The normalized spacial score (nSPS) is 19.4. The van der Waals surface area contributed by atoms with Crippen LogP contribution in [0.3, 0.4) is 0 Å². The van der Waals surface area contributed by atoms with Gasteiger partial charge in [-0.05, 0) is 45.7 Å². The molecule has 0 spiro atoms. The van der Waals surface area contributed by atoms with E-state index in [2.05, 4.69) is 15.3 Å². The first-order chi connectivity index (χ1) is 14.1. The molecular formula is C23H29N3O2S. The van der Waals surface area contributed by atoms with Gasteiger partial charge in [0.1, 0.15) is 0 Å². The molecule has 1 aromatic heterocycles. The number of Topliss-reactive ketones (excluding diaryl/α,β-unsaturated/α-hetero) is 1. The van der Waals surface area contributed by atoms with Crippen molar-refractivity contribution in [1.29, 1.82) is 0 Å². The summed E-state index contributed by atoms with van der Waals surface area (Å²) in [6.45, 7) is 6.25. The summed E-state index contributed by atoms with van der Waals surface area (Å²) < 4.78 is 0. The smallest absolute Gasteiger partial charge is 0.225 e. The number of nitrogens with zero attached hydrogens (tertiary/aromatic N) is 3. The van der Waals surface area contributed by atoms with Crippen molar-refractivity contribution in [3.8, 4) is 0 Å². The van der Waals surface area contributed by atoms with Crippen LogP contribution in [0.25, 0.3) is 0 Å². The number of carbonyl (C=O) groups is 2. The van der Waals surface area contributed by atoms with Crippen molar-refractivity contribution >= 4 is 23.0 Å². The molecule has 2 aromatic rings. The molecule has 0 atom stereocenters. The maximum atomic E-state index is 13.0. The second-order valence-electron chi connectivity index (χ2n) is 8.24. The first-order valence-electron chi connectivity index (χ1n) is 10.6. The molecule has 5 nitrogen and oxygen atoms in total. The van der Waals surface area contributed by atoms with E-state index in [0.717, 1.165) is 61.6 Å². The molecule has 0 radical (unpaired) electrons. The van der Waals surface area contributed by atoms with E-state index in [4.69, 9.17) is 0 Å². The Bertz CT molecular complexity index is 835. The van der Waals surface area contributed by atoms with E-state index in [1.165, 1.54) is 0 Å². The van der Waals surface area contributed by atoms with Crippen LogP contribution < -0.4 is 0 Å². The molecule has 2 fully saturated rings. The van der Waals surface area contributed by atoms with Gasteiger partial charge in [-0.1, -0.05) is 30.3 Å². The van der Waals surface area contributed by atoms with Gasteiger partial charge in [-0.3, -0.25) is 14.5 Å². The van der Waals surface area contributed by atoms with Gasteiger partial charge in [0.2, 0.25) is 5.91 Å². The first-order valence-corrected chi connectivity index (χ1v) is 11.5. The summed E-state index contributed by atoms with van der Waals surface area (Å²) in [5, 5.41) is 3.24. The van der Waals surface area contributed by atoms with Gasteiger partial charge < -0.3 is 4.90 Å². The van der Waals surface area contributed by atoms with Crippen molar-refractivity contribution in [1.82, 2.24) is 14.8 Å². The Morgan fingerprint density at radius 1 is 1.00 bits per heavy atom. The second-order valence-corrected chi connectivity index (χ2v) is 9.30. The number of hydrogen-bond acceptors (Lipinski definition) is 5. The van der Waals surface area contributed by atoms with Gasteiger partial charge >= 0.3 is 0 Å². The van der Waals surface area contributed by atoms with Crippen LogP contribution in [-0.4, -0.2) is 52.7 Å². The van der Waals surface area contributed by atoms with Crippen LogP contribution in [-0.2, 0) is 11.3 Å². The lowest BCUT2D eigenvalue weighted by Crippen LogP contribution is -2.46. The zero-order chi connectivity index (χ0) is 20.2. The summed E-state index contributed by atoms with van der Waals surface area (Å²) in [5.41, 5.74) is 1.93. The van der Waals surface area contributed by atoms with Gasteiger partial charge in [0, 0.05) is 42.4 Å². The van der Waals surface area contributed by atoms with Crippen LogP contribution in [0.4, 0.5) is 0 Å². The van der Waals surface area contributed by atoms with Crippen molar-refractivity contribution in [2.45, 2.75) is 39.2 Å². The molecule has 0 saturated carbocycles. The highest BCUT2D eigenvalue weighted by Crippen LogP contribution is 2.26. The molecule has 29 heavy (non-hydrogen) atoms. The van der Waals surface area contributed by atoms with Crippen molar-refractivity contribution in [2.24, 2.45) is 11.8 Å². The highest BCUT2D eigenvalue weighted by Gasteiger charge is 2.32. The summed E-state index contributed by atoms with van der Waals surface area (Å²) in [7, 11) is 0. The molecule has 0 bridgehead atoms. The number of aromatic nitrogens is 1. The SMILES string of the molecule is Cc1nc(CN2CCC(C(=O)N3CCC(C(=O)c4ccccc4)CC3)CC2)cs1. The van der Waals surface area contributed by atoms with Crippen LogP contribution >= 0.6 is 11.3 Å². The van der Waals surface area contributed by atoms with Gasteiger partial charge in [-0.2, -0.15) is 0 Å². The monoisotopic (exact) mass is 411 g/mol. The predicted octanol–water partition coefficient (Wildman–Crippen LogP) is 3.79. The molecule has 2 aliphatic heterocycles. The Kier molecular flexibility index (Phi) is 6.40. The zero-order valence-electron chi connectivity index (χ0n) is 17.0. The fourth-order valence-electron chi connectivity index (χ4n) is 4.51. The van der Waals surface area contributed by atoms with E-state index < -0.39 is 0 Å². The number of thiazole rings is 1. The van der Waals surface area contributed by atoms with E-state index in [9.17, 15) is 9.59 Å². The van der Waals surface area contributed by atoms with Crippen molar-refractivity contribution in [2.75, 3.05) is 26.2 Å². The van der Waals surface area contributed by atoms with E-state index in [0.29, 0.717) is 19.0 Å². The number of carbonyl (C=O) groups excluding carboxylic acids is 2. The second kappa shape index (κ2) is 9.18. The quantitative estimate of drug-likeness (QED) is 0.703. The van der Waals surface area contributed by atoms with Crippen LogP contribution in [0.1, 0.15) is 46.7 Å². The van der Waals surface area contributed by atoms with Crippen LogP contribution in [0.5, 0.6) is 0 Å². The Hall–Kier alpha value is -2.05. The lowest BCUT2D eigenvalue weighted by atomic mass is 9.87. The molecule has 2 aliphatic rings. The van der Waals surface area contributed by atoms with Crippen LogP contribution in [0.15, 0.2) is 35.7 Å². The molecule has 6 heteroatoms. The topological polar surface area (TPSA) is 53.5 Å². The van der Waals surface area contributed by atoms with Crippen molar-refractivity contribution in [3.05, 3.63) is 52.0 Å². The van der Waals surface area contributed by atoms with E-state index in [-0.39, 0.29) is 17.6 Å². The minimum atomic E-state index is 0.0462. The number of rotatable bonds is 5. The highest BCUT2D eigenvalue weighted by atomic mass is 32.1. The van der Waals surface area contributed by atoms with E-state index in [1.807, 2.05) is 42.2 Å². The minimum absolute atomic E-state index is 0.0462. The Morgan fingerprint density at radius 3 is 2.28 bits per heavy atom. The molecule has 4 rings (SSSR count). The zero-order valence-corrected chi connectivity index (χ0v) is 17.9. The summed E-state index contributed by atoms with van der Waals surface area (Å²) in [4.78, 5) is 34.6. The van der Waals surface area contributed by atoms with Crippen molar-refractivity contribution in [3.63, 3.8) is 0 Å². The number of hydrogen-bond donors (Lipinski definition) is 0. The van der Waals surface area contributed by atoms with Gasteiger partial charge in [0.15, 0.2) is 5.78 Å². The number of benzene rings is 1. The lowest BCUT2D eigenvalue weighted by molar-refractivity contribution is -0.138.